The summed E-state index contributed by atoms with van der Waals surface area (Å²) in [5.74, 6) is 0.170. The fourth-order valence-electron chi connectivity index (χ4n) is 2.75. The molecule has 1 fully saturated rings. The van der Waals surface area contributed by atoms with Crippen LogP contribution in [0.15, 0.2) is 18.2 Å². The van der Waals surface area contributed by atoms with Gasteiger partial charge in [-0.2, -0.15) is 0 Å². The van der Waals surface area contributed by atoms with E-state index in [9.17, 15) is 4.79 Å². The monoisotopic (exact) mass is 328 g/mol. The van der Waals surface area contributed by atoms with Gasteiger partial charge in [0.2, 0.25) is 5.91 Å². The van der Waals surface area contributed by atoms with Crippen molar-refractivity contribution in [2.75, 3.05) is 20.1 Å². The predicted octanol–water partition coefficient (Wildman–Crippen LogP) is 3.69. The molecule has 1 N–H and O–H groups in total. The zero-order chi connectivity index (χ0) is 15.6. The van der Waals surface area contributed by atoms with E-state index in [1.807, 2.05) is 26.0 Å². The van der Waals surface area contributed by atoms with E-state index in [0.29, 0.717) is 10.0 Å². The first-order valence-electron chi connectivity index (χ1n) is 7.25. The molecule has 0 bridgehead atoms. The first kappa shape index (κ1) is 16.6. The minimum Gasteiger partial charge on any atom is -0.347 e. The molecule has 1 unspecified atom stereocenters. The Hall–Kier alpha value is -0.770. The Morgan fingerprint density at radius 2 is 2.05 bits per heavy atom. The Bertz CT molecular complexity index is 531. The molecule has 1 aliphatic heterocycles. The highest BCUT2D eigenvalue weighted by Gasteiger charge is 2.29. The smallest absolute Gasteiger partial charge is 0.225 e. The van der Waals surface area contributed by atoms with Gasteiger partial charge in [0.15, 0.2) is 0 Å². The lowest BCUT2D eigenvalue weighted by Crippen LogP contribution is -2.48. The molecule has 0 aromatic heterocycles. The zero-order valence-corrected chi connectivity index (χ0v) is 14.3. The molecule has 2 rings (SSSR count). The number of carbonyl (C=O) groups excluding carboxylic acids is 1. The van der Waals surface area contributed by atoms with Crippen molar-refractivity contribution < 1.29 is 4.79 Å². The minimum atomic E-state index is -0.471. The minimum absolute atomic E-state index is 0.0609. The number of amides is 1. The number of hydrogen-bond acceptors (Lipinski definition) is 2. The fraction of sp³-hybridized carbons (Fsp3) is 0.562. The van der Waals surface area contributed by atoms with Gasteiger partial charge in [0, 0.05) is 6.54 Å². The number of carbonyl (C=O) groups is 1. The highest BCUT2D eigenvalue weighted by Crippen LogP contribution is 2.29. The van der Waals surface area contributed by atoms with Crippen molar-refractivity contribution in [1.82, 2.24) is 10.2 Å². The number of halogens is 2. The van der Waals surface area contributed by atoms with Crippen LogP contribution in [0.5, 0.6) is 0 Å². The van der Waals surface area contributed by atoms with Crippen LogP contribution in [0.25, 0.3) is 0 Å². The summed E-state index contributed by atoms with van der Waals surface area (Å²) in [5, 5.41) is 4.17. The molecule has 0 aliphatic carbocycles. The molecular weight excluding hydrogens is 307 g/mol. The maximum atomic E-state index is 12.5. The molecule has 1 atom stereocenters. The van der Waals surface area contributed by atoms with Crippen LogP contribution < -0.4 is 5.32 Å². The van der Waals surface area contributed by atoms with Gasteiger partial charge in [0.25, 0.3) is 0 Å². The molecule has 0 spiro atoms. The van der Waals surface area contributed by atoms with Crippen LogP contribution in [-0.4, -0.2) is 30.9 Å². The second-order valence-corrected chi connectivity index (χ2v) is 7.16. The van der Waals surface area contributed by atoms with Crippen molar-refractivity contribution in [2.45, 2.75) is 32.2 Å². The zero-order valence-electron chi connectivity index (χ0n) is 12.7. The van der Waals surface area contributed by atoms with E-state index in [-0.39, 0.29) is 11.8 Å². The molecule has 1 aliphatic rings. The highest BCUT2D eigenvalue weighted by atomic mass is 35.5. The van der Waals surface area contributed by atoms with Gasteiger partial charge in [-0.15, -0.1) is 0 Å². The topological polar surface area (TPSA) is 32.3 Å². The van der Waals surface area contributed by atoms with E-state index < -0.39 is 5.54 Å². The van der Waals surface area contributed by atoms with Crippen molar-refractivity contribution in [3.63, 3.8) is 0 Å². The first-order valence-corrected chi connectivity index (χ1v) is 8.01. The summed E-state index contributed by atoms with van der Waals surface area (Å²) >= 11 is 12.0. The lowest BCUT2D eigenvalue weighted by atomic mass is 9.91. The molecular formula is C16H22Cl2N2O. The Balaban J connectivity index is 2.08. The van der Waals surface area contributed by atoms with Gasteiger partial charge < -0.3 is 10.2 Å². The molecule has 1 amide bonds. The number of hydrogen-bond donors (Lipinski definition) is 1. The number of piperidine rings is 1. The lowest BCUT2D eigenvalue weighted by Gasteiger charge is -2.33. The maximum Gasteiger partial charge on any atom is 0.225 e. The van der Waals surface area contributed by atoms with Gasteiger partial charge in [0.05, 0.1) is 21.5 Å². The quantitative estimate of drug-likeness (QED) is 0.917. The summed E-state index contributed by atoms with van der Waals surface area (Å²) in [6, 6.07) is 5.49. The average Bonchev–Trinajstić information content (AvgIpc) is 2.41. The summed E-state index contributed by atoms with van der Waals surface area (Å²) in [6.07, 6.45) is 2.02. The number of likely N-dealkylation sites (tertiary alicyclic amines) is 1. The van der Waals surface area contributed by atoms with Gasteiger partial charge in [-0.3, -0.25) is 4.79 Å². The Morgan fingerprint density at radius 3 is 2.67 bits per heavy atom. The summed E-state index contributed by atoms with van der Waals surface area (Å²) in [6.45, 7) is 5.86. The SMILES string of the molecule is CN1CCCC(C(=O)NC(C)(C)c2ccc(Cl)c(Cl)c2)C1. The average molecular weight is 329 g/mol. The van der Waals surface area contributed by atoms with E-state index in [1.54, 1.807) is 6.07 Å². The van der Waals surface area contributed by atoms with Crippen LogP contribution in [0.4, 0.5) is 0 Å². The van der Waals surface area contributed by atoms with E-state index in [4.69, 9.17) is 23.2 Å². The van der Waals surface area contributed by atoms with Crippen molar-refractivity contribution in [3.8, 4) is 0 Å². The van der Waals surface area contributed by atoms with Gasteiger partial charge in [-0.25, -0.2) is 0 Å². The number of benzene rings is 1. The van der Waals surface area contributed by atoms with Crippen molar-refractivity contribution in [3.05, 3.63) is 33.8 Å². The van der Waals surface area contributed by atoms with Crippen molar-refractivity contribution in [2.24, 2.45) is 5.92 Å². The Kier molecular flexibility index (Phi) is 5.18. The third-order valence-electron chi connectivity index (χ3n) is 4.07. The highest BCUT2D eigenvalue weighted by molar-refractivity contribution is 6.42. The third kappa shape index (κ3) is 4.12. The second-order valence-electron chi connectivity index (χ2n) is 6.34. The number of nitrogens with zero attached hydrogens (tertiary/aromatic N) is 1. The van der Waals surface area contributed by atoms with Gasteiger partial charge >= 0.3 is 0 Å². The Morgan fingerprint density at radius 1 is 1.33 bits per heavy atom. The normalized spacial score (nSPS) is 20.3. The van der Waals surface area contributed by atoms with Gasteiger partial charge in [0.1, 0.15) is 0 Å². The van der Waals surface area contributed by atoms with Crippen LogP contribution in [0.2, 0.25) is 10.0 Å². The second kappa shape index (κ2) is 6.55. The molecule has 3 nitrogen and oxygen atoms in total. The Labute approximate surface area is 136 Å². The molecule has 1 saturated heterocycles. The summed E-state index contributed by atoms with van der Waals surface area (Å²) in [5.41, 5.74) is 0.482. The predicted molar refractivity (Wildman–Crippen MR) is 87.9 cm³/mol. The van der Waals surface area contributed by atoms with Crippen LogP contribution in [-0.2, 0) is 10.3 Å². The first-order chi connectivity index (χ1) is 9.79. The van der Waals surface area contributed by atoms with E-state index in [2.05, 4.69) is 17.3 Å². The molecule has 1 heterocycles. The molecule has 116 valence electrons. The summed E-state index contributed by atoms with van der Waals surface area (Å²) < 4.78 is 0. The molecule has 0 saturated carbocycles. The largest absolute Gasteiger partial charge is 0.347 e. The maximum absolute atomic E-state index is 12.5. The molecule has 21 heavy (non-hydrogen) atoms. The third-order valence-corrected chi connectivity index (χ3v) is 4.81. The van der Waals surface area contributed by atoms with Crippen LogP contribution in [0.3, 0.4) is 0 Å². The van der Waals surface area contributed by atoms with Crippen LogP contribution in [0, 0.1) is 5.92 Å². The summed E-state index contributed by atoms with van der Waals surface area (Å²) in [7, 11) is 2.06. The molecule has 1 aromatic carbocycles. The standard InChI is InChI=1S/C16H22Cl2N2O/c1-16(2,12-6-7-13(17)14(18)9-12)19-15(21)11-5-4-8-20(3)10-11/h6-7,9,11H,4-5,8,10H2,1-3H3,(H,19,21). The van der Waals surface area contributed by atoms with E-state index in [1.165, 1.54) is 0 Å². The fourth-order valence-corrected chi connectivity index (χ4v) is 3.05. The number of nitrogens with one attached hydrogen (secondary N) is 1. The van der Waals surface area contributed by atoms with Gasteiger partial charge in [-0.05, 0) is 58.0 Å². The number of rotatable bonds is 3. The van der Waals surface area contributed by atoms with E-state index in [0.717, 1.165) is 31.5 Å². The van der Waals surface area contributed by atoms with Crippen LogP contribution >= 0.6 is 23.2 Å². The van der Waals surface area contributed by atoms with Crippen molar-refractivity contribution >= 4 is 29.1 Å². The van der Waals surface area contributed by atoms with Crippen molar-refractivity contribution in [1.29, 1.82) is 0 Å². The summed E-state index contributed by atoms with van der Waals surface area (Å²) in [4.78, 5) is 14.7. The lowest BCUT2D eigenvalue weighted by molar-refractivity contribution is -0.128. The van der Waals surface area contributed by atoms with Gasteiger partial charge in [-0.1, -0.05) is 29.3 Å². The van der Waals surface area contributed by atoms with Crippen LogP contribution in [0.1, 0.15) is 32.3 Å². The molecule has 5 heteroatoms. The van der Waals surface area contributed by atoms with E-state index >= 15 is 0 Å². The molecule has 0 radical (unpaired) electrons. The molecule has 1 aromatic rings.